The highest BCUT2D eigenvalue weighted by Gasteiger charge is 2.16. The molecule has 1 atom stereocenters. The second kappa shape index (κ2) is 6.98. The fourth-order valence-corrected chi connectivity index (χ4v) is 2.19. The van der Waals surface area contributed by atoms with E-state index in [0.29, 0.717) is 5.92 Å². The van der Waals surface area contributed by atoms with Crippen molar-refractivity contribution in [3.8, 4) is 11.5 Å². The van der Waals surface area contributed by atoms with E-state index in [4.69, 9.17) is 9.84 Å². The second-order valence-corrected chi connectivity index (χ2v) is 5.29. The molecule has 2 N–H and O–H groups in total. The van der Waals surface area contributed by atoms with Gasteiger partial charge in [-0.1, -0.05) is 44.2 Å². The van der Waals surface area contributed by atoms with Gasteiger partial charge in [0.2, 0.25) is 0 Å². The SMILES string of the molecule is CCC(C)c1ccc(COc2cccc(O)c2C(=O)O)cc1. The zero-order valence-corrected chi connectivity index (χ0v) is 12.7. The summed E-state index contributed by atoms with van der Waals surface area (Å²) in [6.45, 7) is 4.58. The summed E-state index contributed by atoms with van der Waals surface area (Å²) in [5, 5.41) is 18.8. The molecular formula is C18H20O4. The van der Waals surface area contributed by atoms with Gasteiger partial charge in [0, 0.05) is 0 Å². The highest BCUT2D eigenvalue weighted by molar-refractivity contribution is 5.93. The predicted molar refractivity (Wildman–Crippen MR) is 84.5 cm³/mol. The molecular weight excluding hydrogens is 280 g/mol. The summed E-state index contributed by atoms with van der Waals surface area (Å²) in [6.07, 6.45) is 1.08. The number of hydrogen-bond donors (Lipinski definition) is 2. The molecule has 0 saturated heterocycles. The fraction of sp³-hybridized carbons (Fsp3) is 0.278. The average molecular weight is 300 g/mol. The molecule has 0 heterocycles. The molecule has 0 spiro atoms. The summed E-state index contributed by atoms with van der Waals surface area (Å²) in [6, 6.07) is 12.5. The Morgan fingerprint density at radius 3 is 2.45 bits per heavy atom. The minimum Gasteiger partial charge on any atom is -0.507 e. The maximum atomic E-state index is 11.2. The summed E-state index contributed by atoms with van der Waals surface area (Å²) in [7, 11) is 0. The van der Waals surface area contributed by atoms with E-state index in [1.165, 1.54) is 17.7 Å². The number of aromatic hydroxyl groups is 1. The van der Waals surface area contributed by atoms with E-state index in [1.807, 2.05) is 12.1 Å². The van der Waals surface area contributed by atoms with Crippen LogP contribution in [0.25, 0.3) is 0 Å². The lowest BCUT2D eigenvalue weighted by Gasteiger charge is -2.12. The van der Waals surface area contributed by atoms with Crippen molar-refractivity contribution in [1.82, 2.24) is 0 Å². The maximum absolute atomic E-state index is 11.2. The summed E-state index contributed by atoms with van der Waals surface area (Å²) in [5.74, 6) is -0.824. The van der Waals surface area contributed by atoms with Gasteiger partial charge < -0.3 is 14.9 Å². The highest BCUT2D eigenvalue weighted by atomic mass is 16.5. The maximum Gasteiger partial charge on any atom is 0.343 e. The smallest absolute Gasteiger partial charge is 0.343 e. The van der Waals surface area contributed by atoms with Crippen molar-refractivity contribution in [3.05, 3.63) is 59.2 Å². The molecule has 0 aromatic heterocycles. The molecule has 0 aliphatic rings. The van der Waals surface area contributed by atoms with E-state index in [-0.39, 0.29) is 23.7 Å². The lowest BCUT2D eigenvalue weighted by atomic mass is 9.98. The van der Waals surface area contributed by atoms with Gasteiger partial charge in [-0.2, -0.15) is 0 Å². The second-order valence-electron chi connectivity index (χ2n) is 5.29. The first kappa shape index (κ1) is 15.9. The van der Waals surface area contributed by atoms with Gasteiger partial charge in [0.25, 0.3) is 0 Å². The number of hydrogen-bond acceptors (Lipinski definition) is 3. The number of carboxylic acid groups (broad SMARTS) is 1. The number of phenols is 1. The van der Waals surface area contributed by atoms with Crippen LogP contribution in [0.2, 0.25) is 0 Å². The Labute approximate surface area is 130 Å². The number of rotatable bonds is 6. The molecule has 0 saturated carbocycles. The van der Waals surface area contributed by atoms with Gasteiger partial charge in [0.05, 0.1) is 0 Å². The summed E-state index contributed by atoms with van der Waals surface area (Å²) < 4.78 is 5.55. The van der Waals surface area contributed by atoms with E-state index in [1.54, 1.807) is 6.07 Å². The minimum atomic E-state index is -1.21. The number of ether oxygens (including phenoxy) is 1. The van der Waals surface area contributed by atoms with Gasteiger partial charge in [-0.3, -0.25) is 0 Å². The quantitative estimate of drug-likeness (QED) is 0.839. The lowest BCUT2D eigenvalue weighted by Crippen LogP contribution is -2.04. The van der Waals surface area contributed by atoms with Crippen LogP contribution in [-0.2, 0) is 6.61 Å². The van der Waals surface area contributed by atoms with Crippen LogP contribution < -0.4 is 4.74 Å². The minimum absolute atomic E-state index is 0.165. The molecule has 2 rings (SSSR count). The van der Waals surface area contributed by atoms with Crippen molar-refractivity contribution in [3.63, 3.8) is 0 Å². The molecule has 2 aromatic carbocycles. The van der Waals surface area contributed by atoms with Crippen LogP contribution in [0.3, 0.4) is 0 Å². The number of benzene rings is 2. The highest BCUT2D eigenvalue weighted by Crippen LogP contribution is 2.28. The lowest BCUT2D eigenvalue weighted by molar-refractivity contribution is 0.0688. The molecule has 1 unspecified atom stereocenters. The van der Waals surface area contributed by atoms with Gasteiger partial charge in [0.15, 0.2) is 0 Å². The van der Waals surface area contributed by atoms with Crippen LogP contribution in [0.1, 0.15) is 47.7 Å². The van der Waals surface area contributed by atoms with Crippen LogP contribution in [0.4, 0.5) is 0 Å². The Balaban J connectivity index is 2.11. The van der Waals surface area contributed by atoms with Crippen molar-refractivity contribution in [2.75, 3.05) is 0 Å². The molecule has 22 heavy (non-hydrogen) atoms. The Morgan fingerprint density at radius 1 is 1.18 bits per heavy atom. The topological polar surface area (TPSA) is 66.8 Å². The third-order valence-electron chi connectivity index (χ3n) is 3.77. The molecule has 4 heteroatoms. The van der Waals surface area contributed by atoms with E-state index < -0.39 is 5.97 Å². The van der Waals surface area contributed by atoms with E-state index in [2.05, 4.69) is 26.0 Å². The zero-order valence-electron chi connectivity index (χ0n) is 12.7. The van der Waals surface area contributed by atoms with E-state index in [9.17, 15) is 9.90 Å². The van der Waals surface area contributed by atoms with Crippen LogP contribution in [0.5, 0.6) is 11.5 Å². The standard InChI is InChI=1S/C18H20O4/c1-3-12(2)14-9-7-13(8-10-14)11-22-16-6-4-5-15(19)17(16)18(20)21/h4-10,12,19H,3,11H2,1-2H3,(H,20,21). The summed E-state index contributed by atoms with van der Waals surface area (Å²) in [4.78, 5) is 11.2. The summed E-state index contributed by atoms with van der Waals surface area (Å²) in [5.41, 5.74) is 2.01. The third-order valence-corrected chi connectivity index (χ3v) is 3.77. The fourth-order valence-electron chi connectivity index (χ4n) is 2.19. The number of carboxylic acids is 1. The van der Waals surface area contributed by atoms with Crippen molar-refractivity contribution < 1.29 is 19.7 Å². The van der Waals surface area contributed by atoms with Gasteiger partial charge >= 0.3 is 5.97 Å². The first-order chi connectivity index (χ1) is 10.5. The third kappa shape index (κ3) is 3.58. The number of carbonyl (C=O) groups is 1. The van der Waals surface area contributed by atoms with Crippen LogP contribution in [-0.4, -0.2) is 16.2 Å². The largest absolute Gasteiger partial charge is 0.507 e. The molecule has 0 fully saturated rings. The van der Waals surface area contributed by atoms with Crippen LogP contribution in [0, 0.1) is 0 Å². The monoisotopic (exact) mass is 300 g/mol. The van der Waals surface area contributed by atoms with E-state index >= 15 is 0 Å². The Kier molecular flexibility index (Phi) is 5.04. The Morgan fingerprint density at radius 2 is 1.86 bits per heavy atom. The van der Waals surface area contributed by atoms with Gasteiger partial charge in [0.1, 0.15) is 23.7 Å². The molecule has 116 valence electrons. The molecule has 0 aliphatic heterocycles. The normalized spacial score (nSPS) is 11.9. The van der Waals surface area contributed by atoms with Gasteiger partial charge in [-0.15, -0.1) is 0 Å². The number of aromatic carboxylic acids is 1. The van der Waals surface area contributed by atoms with E-state index in [0.717, 1.165) is 12.0 Å². The molecule has 0 radical (unpaired) electrons. The molecule has 4 nitrogen and oxygen atoms in total. The Bertz CT molecular complexity index is 647. The van der Waals surface area contributed by atoms with Gasteiger partial charge in [-0.05, 0) is 35.6 Å². The molecule has 0 aliphatic carbocycles. The Hall–Kier alpha value is -2.49. The average Bonchev–Trinajstić information content (AvgIpc) is 2.52. The first-order valence-corrected chi connectivity index (χ1v) is 7.29. The van der Waals surface area contributed by atoms with Crippen molar-refractivity contribution in [1.29, 1.82) is 0 Å². The van der Waals surface area contributed by atoms with Crippen molar-refractivity contribution in [2.45, 2.75) is 32.8 Å². The molecule has 2 aromatic rings. The van der Waals surface area contributed by atoms with Crippen LogP contribution in [0.15, 0.2) is 42.5 Å². The molecule has 0 bridgehead atoms. The molecule has 0 amide bonds. The zero-order chi connectivity index (χ0) is 16.1. The van der Waals surface area contributed by atoms with Crippen molar-refractivity contribution in [2.24, 2.45) is 0 Å². The van der Waals surface area contributed by atoms with Gasteiger partial charge in [-0.25, -0.2) is 4.79 Å². The van der Waals surface area contributed by atoms with Crippen LogP contribution >= 0.6 is 0 Å². The predicted octanol–water partition coefficient (Wildman–Crippen LogP) is 4.18. The first-order valence-electron chi connectivity index (χ1n) is 7.29. The van der Waals surface area contributed by atoms with Crippen molar-refractivity contribution >= 4 is 5.97 Å². The summed E-state index contributed by atoms with van der Waals surface area (Å²) >= 11 is 0.